The molecule has 1 atom stereocenters. The monoisotopic (exact) mass is 466 g/mol. The van der Waals surface area contributed by atoms with Crippen LogP contribution in [0.1, 0.15) is 41.4 Å². The van der Waals surface area contributed by atoms with Gasteiger partial charge < -0.3 is 9.47 Å². The first kappa shape index (κ1) is 24.3. The average Bonchev–Trinajstić information content (AvgIpc) is 2.84. The fraction of sp³-hybridized carbons (Fsp3) is 0.240. The lowest BCUT2D eigenvalue weighted by molar-refractivity contribution is 0.108. The van der Waals surface area contributed by atoms with Gasteiger partial charge in [0, 0.05) is 16.4 Å². The van der Waals surface area contributed by atoms with Gasteiger partial charge in [-0.1, -0.05) is 53.7 Å². The average molecular weight is 467 g/mol. The minimum Gasteiger partial charge on any atom is -0.496 e. The zero-order chi connectivity index (χ0) is 24.0. The molecule has 0 amide bonds. The summed E-state index contributed by atoms with van der Waals surface area (Å²) in [7, 11) is 3.00. The summed E-state index contributed by atoms with van der Waals surface area (Å²) < 4.78 is 11.4. The summed E-state index contributed by atoms with van der Waals surface area (Å²) in [6.45, 7) is 3.99. The van der Waals surface area contributed by atoms with E-state index in [0.717, 1.165) is 5.57 Å². The SMILES string of the molecule is COc1cc(C(CC=C(C)C)SC(=O)c2ccccc2)c(OC)c2c(N=O)ccc(NO)c12. The molecule has 1 unspecified atom stereocenters. The van der Waals surface area contributed by atoms with E-state index in [2.05, 4.69) is 16.7 Å². The van der Waals surface area contributed by atoms with E-state index >= 15 is 0 Å². The van der Waals surface area contributed by atoms with E-state index in [1.165, 1.54) is 38.1 Å². The normalized spacial score (nSPS) is 11.5. The molecular formula is C25H26N2O5S. The molecule has 0 bridgehead atoms. The topological polar surface area (TPSA) is 97.2 Å². The Hall–Kier alpha value is -3.36. The summed E-state index contributed by atoms with van der Waals surface area (Å²) in [4.78, 5) is 24.7. The summed E-state index contributed by atoms with van der Waals surface area (Å²) in [6.07, 6.45) is 2.61. The second-order valence-electron chi connectivity index (χ2n) is 7.56. The van der Waals surface area contributed by atoms with E-state index in [1.54, 1.807) is 18.2 Å². The van der Waals surface area contributed by atoms with E-state index in [4.69, 9.17) is 9.47 Å². The van der Waals surface area contributed by atoms with E-state index < -0.39 is 0 Å². The van der Waals surface area contributed by atoms with Gasteiger partial charge in [0.1, 0.15) is 17.2 Å². The van der Waals surface area contributed by atoms with Gasteiger partial charge in [0.2, 0.25) is 5.12 Å². The highest BCUT2D eigenvalue weighted by Gasteiger charge is 2.26. The second kappa shape index (κ2) is 11.0. The number of nitrogens with zero attached hydrogens (tertiary/aromatic N) is 1. The number of thioether (sulfide) groups is 1. The molecule has 33 heavy (non-hydrogen) atoms. The number of nitroso groups, excluding NO2 is 1. The first-order chi connectivity index (χ1) is 15.9. The molecular weight excluding hydrogens is 440 g/mol. The predicted molar refractivity (Wildman–Crippen MR) is 133 cm³/mol. The Morgan fingerprint density at radius 3 is 2.42 bits per heavy atom. The lowest BCUT2D eigenvalue weighted by Gasteiger charge is -2.22. The van der Waals surface area contributed by atoms with Gasteiger partial charge >= 0.3 is 0 Å². The van der Waals surface area contributed by atoms with Crippen molar-refractivity contribution >= 4 is 39.0 Å². The number of carbonyl (C=O) groups excluding carboxylic acids is 1. The molecule has 172 valence electrons. The lowest BCUT2D eigenvalue weighted by Crippen LogP contribution is -2.05. The van der Waals surface area contributed by atoms with Crippen LogP contribution in [-0.4, -0.2) is 24.5 Å². The molecule has 3 aromatic carbocycles. The van der Waals surface area contributed by atoms with Crippen LogP contribution in [0.25, 0.3) is 10.8 Å². The summed E-state index contributed by atoms with van der Waals surface area (Å²) in [6, 6.07) is 13.9. The quantitative estimate of drug-likeness (QED) is 0.198. The van der Waals surface area contributed by atoms with Crippen molar-refractivity contribution in [2.45, 2.75) is 25.5 Å². The van der Waals surface area contributed by atoms with Gasteiger partial charge in [-0.25, -0.2) is 0 Å². The smallest absolute Gasteiger partial charge is 0.219 e. The Kier molecular flexibility index (Phi) is 8.08. The molecule has 0 radical (unpaired) electrons. The van der Waals surface area contributed by atoms with E-state index in [0.29, 0.717) is 45.5 Å². The van der Waals surface area contributed by atoms with Gasteiger partial charge in [-0.05, 0) is 43.6 Å². The summed E-state index contributed by atoms with van der Waals surface area (Å²) in [5.74, 6) is 0.816. The largest absolute Gasteiger partial charge is 0.496 e. The molecule has 3 aromatic rings. The standard InChI is InChI=1S/C25H26N2O5S/c1-15(2)10-13-21(33-25(28)16-8-6-5-7-9-16)17-14-20(31-3)22-18(26-29)11-12-19(27-30)23(22)24(17)32-4/h5-12,14,21,26,29H,13H2,1-4H3. The van der Waals surface area contributed by atoms with Gasteiger partial charge in [-0.2, -0.15) is 0 Å². The van der Waals surface area contributed by atoms with Gasteiger partial charge in [-0.3, -0.25) is 15.5 Å². The number of nitrogens with one attached hydrogen (secondary N) is 1. The van der Waals surface area contributed by atoms with Crippen LogP contribution < -0.4 is 15.0 Å². The predicted octanol–water partition coefficient (Wildman–Crippen LogP) is 7.03. The fourth-order valence-electron chi connectivity index (χ4n) is 3.64. The molecule has 0 aliphatic heterocycles. The maximum Gasteiger partial charge on any atom is 0.219 e. The fourth-order valence-corrected chi connectivity index (χ4v) is 4.67. The summed E-state index contributed by atoms with van der Waals surface area (Å²) in [5, 5.41) is 13.2. The van der Waals surface area contributed by atoms with Crippen molar-refractivity contribution < 1.29 is 19.5 Å². The Morgan fingerprint density at radius 2 is 1.85 bits per heavy atom. The van der Waals surface area contributed by atoms with Crippen molar-refractivity contribution in [2.24, 2.45) is 5.18 Å². The van der Waals surface area contributed by atoms with Crippen molar-refractivity contribution in [1.82, 2.24) is 0 Å². The van der Waals surface area contributed by atoms with Crippen molar-refractivity contribution in [3.8, 4) is 11.5 Å². The van der Waals surface area contributed by atoms with Crippen LogP contribution in [0.5, 0.6) is 11.5 Å². The molecule has 0 aliphatic rings. The molecule has 3 rings (SSSR count). The van der Waals surface area contributed by atoms with Gasteiger partial charge in [0.05, 0.1) is 30.7 Å². The minimum absolute atomic E-state index is 0.0802. The van der Waals surface area contributed by atoms with Crippen LogP contribution in [0.3, 0.4) is 0 Å². The molecule has 8 heteroatoms. The zero-order valence-electron chi connectivity index (χ0n) is 18.9. The molecule has 2 N–H and O–H groups in total. The van der Waals surface area contributed by atoms with Crippen molar-refractivity contribution in [3.63, 3.8) is 0 Å². The first-order valence-corrected chi connectivity index (χ1v) is 11.2. The van der Waals surface area contributed by atoms with Gasteiger partial charge in [0.25, 0.3) is 0 Å². The number of ether oxygens (including phenoxy) is 2. The van der Waals surface area contributed by atoms with Crippen molar-refractivity contribution in [1.29, 1.82) is 0 Å². The number of carbonyl (C=O) groups is 1. The first-order valence-electron chi connectivity index (χ1n) is 10.3. The summed E-state index contributed by atoms with van der Waals surface area (Å²) in [5.41, 5.74) is 5.02. The third-order valence-electron chi connectivity index (χ3n) is 5.19. The van der Waals surface area contributed by atoms with Gasteiger partial charge in [0.15, 0.2) is 0 Å². The van der Waals surface area contributed by atoms with Crippen LogP contribution in [0.15, 0.2) is 65.4 Å². The molecule has 0 heterocycles. The van der Waals surface area contributed by atoms with Crippen LogP contribution >= 0.6 is 11.8 Å². The van der Waals surface area contributed by atoms with Gasteiger partial charge in [-0.15, -0.1) is 4.91 Å². The second-order valence-corrected chi connectivity index (χ2v) is 8.74. The number of fused-ring (bicyclic) bond motifs is 1. The molecule has 0 fully saturated rings. The molecule has 0 saturated carbocycles. The third-order valence-corrected chi connectivity index (χ3v) is 6.37. The number of anilines is 1. The Bertz CT molecular complexity index is 1190. The molecule has 0 aromatic heterocycles. The van der Waals surface area contributed by atoms with Crippen molar-refractivity contribution in [2.75, 3.05) is 19.7 Å². The van der Waals surface area contributed by atoms with Crippen LogP contribution in [-0.2, 0) is 0 Å². The number of allylic oxidation sites excluding steroid dienone is 2. The van der Waals surface area contributed by atoms with Crippen LogP contribution in [0, 0.1) is 4.91 Å². The molecule has 0 saturated heterocycles. The van der Waals surface area contributed by atoms with E-state index in [9.17, 15) is 14.9 Å². The van der Waals surface area contributed by atoms with Crippen molar-refractivity contribution in [3.05, 3.63) is 76.2 Å². The zero-order valence-corrected chi connectivity index (χ0v) is 19.7. The molecule has 0 aliphatic carbocycles. The highest BCUT2D eigenvalue weighted by molar-refractivity contribution is 8.14. The number of methoxy groups -OCH3 is 2. The highest BCUT2D eigenvalue weighted by Crippen LogP contribution is 2.50. The lowest BCUT2D eigenvalue weighted by atomic mass is 9.97. The minimum atomic E-state index is -0.328. The summed E-state index contributed by atoms with van der Waals surface area (Å²) >= 11 is 1.18. The number of rotatable bonds is 9. The Balaban J connectivity index is 2.26. The third kappa shape index (κ3) is 5.18. The maximum absolute atomic E-state index is 13.1. The Morgan fingerprint density at radius 1 is 1.12 bits per heavy atom. The number of hydrogen-bond acceptors (Lipinski definition) is 8. The van der Waals surface area contributed by atoms with E-state index in [1.807, 2.05) is 32.0 Å². The maximum atomic E-state index is 13.1. The van der Waals surface area contributed by atoms with Crippen LogP contribution in [0.2, 0.25) is 0 Å². The highest BCUT2D eigenvalue weighted by atomic mass is 32.2. The number of hydrogen-bond donors (Lipinski definition) is 2. The Labute approximate surface area is 196 Å². The molecule has 0 spiro atoms. The van der Waals surface area contributed by atoms with E-state index in [-0.39, 0.29) is 16.1 Å². The van der Waals surface area contributed by atoms with Crippen LogP contribution in [0.4, 0.5) is 11.4 Å². The number of benzene rings is 3. The molecule has 7 nitrogen and oxygen atoms in total.